The molecule has 0 amide bonds. The van der Waals surface area contributed by atoms with Crippen LogP contribution >= 0.6 is 11.6 Å². The Morgan fingerprint density at radius 3 is 2.46 bits per heavy atom. The Hall–Kier alpha value is -2.71. The second-order valence-electron chi connectivity index (χ2n) is 7.41. The van der Waals surface area contributed by atoms with Crippen molar-refractivity contribution in [3.63, 3.8) is 0 Å². The van der Waals surface area contributed by atoms with Gasteiger partial charge in [-0.15, -0.1) is 0 Å². The number of phenolic OH excluding ortho intramolecular Hbond substituents is 1. The molecule has 1 aromatic heterocycles. The van der Waals surface area contributed by atoms with E-state index in [1.807, 2.05) is 6.07 Å². The van der Waals surface area contributed by atoms with E-state index in [-0.39, 0.29) is 11.2 Å². The zero-order valence-corrected chi connectivity index (χ0v) is 15.4. The van der Waals surface area contributed by atoms with Crippen molar-refractivity contribution in [1.82, 2.24) is 4.57 Å². The van der Waals surface area contributed by atoms with Crippen molar-refractivity contribution in [2.75, 3.05) is 0 Å². The highest BCUT2D eigenvalue weighted by atomic mass is 35.5. The zero-order chi connectivity index (χ0) is 18.1. The number of rotatable bonds is 1. The minimum Gasteiger partial charge on any atom is -0.508 e. The van der Waals surface area contributed by atoms with Crippen LogP contribution in [0.1, 0.15) is 25.0 Å². The molecule has 0 spiro atoms. The summed E-state index contributed by atoms with van der Waals surface area (Å²) < 4.78 is 2.23. The van der Waals surface area contributed by atoms with Crippen LogP contribution in [0.15, 0.2) is 66.7 Å². The molecule has 0 saturated carbocycles. The van der Waals surface area contributed by atoms with Gasteiger partial charge in [0, 0.05) is 27.5 Å². The minimum atomic E-state index is -0.0859. The zero-order valence-electron chi connectivity index (χ0n) is 14.6. The van der Waals surface area contributed by atoms with Crippen LogP contribution in [0.4, 0.5) is 0 Å². The number of aromatic nitrogens is 1. The lowest BCUT2D eigenvalue weighted by atomic mass is 9.81. The van der Waals surface area contributed by atoms with Gasteiger partial charge in [-0.1, -0.05) is 67.9 Å². The largest absolute Gasteiger partial charge is 0.508 e. The first-order chi connectivity index (χ1) is 12.5. The van der Waals surface area contributed by atoms with Gasteiger partial charge in [0.15, 0.2) is 0 Å². The van der Waals surface area contributed by atoms with E-state index in [4.69, 9.17) is 11.6 Å². The molecule has 0 aliphatic heterocycles. The van der Waals surface area contributed by atoms with Gasteiger partial charge in [-0.3, -0.25) is 0 Å². The fourth-order valence-corrected chi connectivity index (χ4v) is 4.68. The summed E-state index contributed by atoms with van der Waals surface area (Å²) in [5.41, 5.74) is 7.00. The summed E-state index contributed by atoms with van der Waals surface area (Å²) in [6.45, 7) is 4.56. The van der Waals surface area contributed by atoms with Crippen molar-refractivity contribution >= 4 is 22.5 Å². The lowest BCUT2D eigenvalue weighted by Gasteiger charge is -2.21. The molecule has 5 rings (SSSR count). The Kier molecular flexibility index (Phi) is 3.08. The normalized spacial score (nSPS) is 14.4. The van der Waals surface area contributed by atoms with Gasteiger partial charge in [0.1, 0.15) is 5.75 Å². The Bertz CT molecular complexity index is 1170. The van der Waals surface area contributed by atoms with E-state index in [0.29, 0.717) is 5.02 Å². The average Bonchev–Trinajstić information content (AvgIpc) is 3.07. The minimum absolute atomic E-state index is 0.0859. The highest BCUT2D eigenvalue weighted by Crippen LogP contribution is 2.53. The standard InChI is InChI=1S/C23H18ClNO/c1-23(2)19-9-5-3-7-17(19)22-21(23)18-8-4-6-10-20(18)25(22)15-11-14(24)12-16(26)13-15/h3-13,26H,1-2H3. The van der Waals surface area contributed by atoms with Crippen LogP contribution in [0.3, 0.4) is 0 Å². The molecule has 26 heavy (non-hydrogen) atoms. The van der Waals surface area contributed by atoms with Crippen molar-refractivity contribution in [1.29, 1.82) is 0 Å². The first kappa shape index (κ1) is 15.5. The first-order valence-electron chi connectivity index (χ1n) is 8.72. The number of halogens is 1. The van der Waals surface area contributed by atoms with Gasteiger partial charge in [-0.05, 0) is 29.3 Å². The van der Waals surface area contributed by atoms with E-state index in [1.54, 1.807) is 12.1 Å². The Balaban J connectivity index is 1.99. The molecule has 0 unspecified atom stereocenters. The van der Waals surface area contributed by atoms with Crippen LogP contribution in [-0.2, 0) is 5.41 Å². The van der Waals surface area contributed by atoms with Gasteiger partial charge in [-0.25, -0.2) is 0 Å². The van der Waals surface area contributed by atoms with E-state index >= 15 is 0 Å². The molecule has 0 fully saturated rings. The molecular formula is C23H18ClNO. The maximum Gasteiger partial charge on any atom is 0.119 e. The van der Waals surface area contributed by atoms with Crippen molar-refractivity contribution in [2.24, 2.45) is 0 Å². The quantitative estimate of drug-likeness (QED) is 0.424. The molecule has 2 nitrogen and oxygen atoms in total. The highest BCUT2D eigenvalue weighted by molar-refractivity contribution is 6.31. The molecule has 0 bridgehead atoms. The molecule has 3 aromatic carbocycles. The topological polar surface area (TPSA) is 25.2 Å². The maximum atomic E-state index is 10.1. The van der Waals surface area contributed by atoms with Crippen LogP contribution in [0.25, 0.3) is 27.8 Å². The predicted octanol–water partition coefficient (Wildman–Crippen LogP) is 6.30. The van der Waals surface area contributed by atoms with Crippen LogP contribution in [0.2, 0.25) is 5.02 Å². The van der Waals surface area contributed by atoms with Crippen LogP contribution in [-0.4, -0.2) is 9.67 Å². The maximum absolute atomic E-state index is 10.1. The number of fused-ring (bicyclic) bond motifs is 5. The lowest BCUT2D eigenvalue weighted by Crippen LogP contribution is -2.14. The summed E-state index contributed by atoms with van der Waals surface area (Å²) >= 11 is 6.25. The fraction of sp³-hybridized carbons (Fsp3) is 0.130. The molecule has 1 heterocycles. The Labute approximate surface area is 157 Å². The highest BCUT2D eigenvalue weighted by Gasteiger charge is 2.40. The van der Waals surface area contributed by atoms with Gasteiger partial charge >= 0.3 is 0 Å². The third-order valence-electron chi connectivity index (χ3n) is 5.48. The lowest BCUT2D eigenvalue weighted by molar-refractivity contribution is 0.475. The summed E-state index contributed by atoms with van der Waals surface area (Å²) in [4.78, 5) is 0. The SMILES string of the molecule is CC1(C)c2ccccc2-c2c1c1ccccc1n2-c1cc(O)cc(Cl)c1. The number of para-hydroxylation sites is 1. The third-order valence-corrected chi connectivity index (χ3v) is 5.70. The summed E-state index contributed by atoms with van der Waals surface area (Å²) in [6.07, 6.45) is 0. The second kappa shape index (κ2) is 5.15. The fourth-order valence-electron chi connectivity index (χ4n) is 4.45. The van der Waals surface area contributed by atoms with E-state index < -0.39 is 0 Å². The van der Waals surface area contributed by atoms with Crippen molar-refractivity contribution in [3.05, 3.63) is 82.9 Å². The smallest absolute Gasteiger partial charge is 0.119 e. The van der Waals surface area contributed by atoms with Gasteiger partial charge in [0.05, 0.1) is 16.9 Å². The van der Waals surface area contributed by atoms with Gasteiger partial charge in [-0.2, -0.15) is 0 Å². The van der Waals surface area contributed by atoms with Crippen molar-refractivity contribution in [3.8, 4) is 22.7 Å². The molecule has 1 aliphatic rings. The Morgan fingerprint density at radius 1 is 0.923 bits per heavy atom. The first-order valence-corrected chi connectivity index (χ1v) is 9.10. The Morgan fingerprint density at radius 2 is 1.65 bits per heavy atom. The molecule has 128 valence electrons. The van der Waals surface area contributed by atoms with E-state index in [0.717, 1.165) is 11.2 Å². The molecule has 1 aliphatic carbocycles. The number of benzene rings is 3. The van der Waals surface area contributed by atoms with Crippen LogP contribution in [0, 0.1) is 0 Å². The number of nitrogens with zero attached hydrogens (tertiary/aromatic N) is 1. The molecule has 0 saturated heterocycles. The number of phenols is 1. The van der Waals surface area contributed by atoms with E-state index in [2.05, 4.69) is 66.9 Å². The van der Waals surface area contributed by atoms with Gasteiger partial charge in [0.25, 0.3) is 0 Å². The molecule has 0 atom stereocenters. The van der Waals surface area contributed by atoms with Crippen molar-refractivity contribution < 1.29 is 5.11 Å². The average molecular weight is 360 g/mol. The number of hydrogen-bond donors (Lipinski definition) is 1. The van der Waals surface area contributed by atoms with E-state index in [9.17, 15) is 5.11 Å². The summed E-state index contributed by atoms with van der Waals surface area (Å²) in [7, 11) is 0. The molecule has 0 radical (unpaired) electrons. The van der Waals surface area contributed by atoms with Gasteiger partial charge in [0.2, 0.25) is 0 Å². The molecule has 4 aromatic rings. The summed E-state index contributed by atoms with van der Waals surface area (Å²) in [6, 6.07) is 22.3. The number of aromatic hydroxyl groups is 1. The summed E-state index contributed by atoms with van der Waals surface area (Å²) in [5.74, 6) is 0.171. The van der Waals surface area contributed by atoms with Crippen molar-refractivity contribution in [2.45, 2.75) is 19.3 Å². The monoisotopic (exact) mass is 359 g/mol. The second-order valence-corrected chi connectivity index (χ2v) is 7.85. The van der Waals surface area contributed by atoms with Crippen LogP contribution in [0.5, 0.6) is 5.75 Å². The molecule has 3 heteroatoms. The van der Waals surface area contributed by atoms with Gasteiger partial charge < -0.3 is 9.67 Å². The summed E-state index contributed by atoms with van der Waals surface area (Å²) in [5, 5.41) is 11.9. The number of hydrogen-bond acceptors (Lipinski definition) is 1. The van der Waals surface area contributed by atoms with E-state index in [1.165, 1.54) is 27.8 Å². The predicted molar refractivity (Wildman–Crippen MR) is 108 cm³/mol. The molecule has 1 N–H and O–H groups in total. The molecular weight excluding hydrogens is 342 g/mol. The van der Waals surface area contributed by atoms with Crippen LogP contribution < -0.4 is 0 Å². The third kappa shape index (κ3) is 1.94.